The average molecular weight is 251 g/mol. The molecule has 2 rings (SSSR count). The van der Waals surface area contributed by atoms with Gasteiger partial charge in [0.25, 0.3) is 5.89 Å². The molecule has 0 saturated heterocycles. The summed E-state index contributed by atoms with van der Waals surface area (Å²) in [6.07, 6.45) is 0. The van der Waals surface area contributed by atoms with Crippen molar-refractivity contribution >= 4 is 0 Å². The third-order valence-electron chi connectivity index (χ3n) is 2.65. The number of benzene rings is 1. The third kappa shape index (κ3) is 2.19. The molecule has 1 aromatic heterocycles. The van der Waals surface area contributed by atoms with Crippen molar-refractivity contribution in [3.05, 3.63) is 29.8 Å². The van der Waals surface area contributed by atoms with Crippen molar-refractivity contribution < 1.29 is 13.7 Å². The summed E-state index contributed by atoms with van der Waals surface area (Å²) in [6, 6.07) is 4.50. The van der Waals surface area contributed by atoms with E-state index in [9.17, 15) is 4.39 Å². The molecule has 96 valence electrons. The number of hydrogen-bond donors (Lipinski definition) is 1. The maximum Gasteiger partial charge on any atom is 0.264 e. The van der Waals surface area contributed by atoms with E-state index in [-0.39, 0.29) is 17.4 Å². The summed E-state index contributed by atoms with van der Waals surface area (Å²) in [5.41, 5.74) is 5.69. The average Bonchev–Trinajstić information content (AvgIpc) is 2.86. The van der Waals surface area contributed by atoms with Gasteiger partial charge >= 0.3 is 0 Å². The first-order valence-electron chi connectivity index (χ1n) is 5.54. The maximum absolute atomic E-state index is 13.8. The third-order valence-corrected chi connectivity index (χ3v) is 2.65. The van der Waals surface area contributed by atoms with Gasteiger partial charge < -0.3 is 15.0 Å². The Kier molecular flexibility index (Phi) is 3.57. The van der Waals surface area contributed by atoms with E-state index >= 15 is 0 Å². The molecular formula is C12H14FN3O2. The molecule has 5 nitrogen and oxygen atoms in total. The largest absolute Gasteiger partial charge is 0.496 e. The molecule has 0 amide bonds. The molecule has 0 saturated carbocycles. The molecule has 1 heterocycles. The minimum absolute atomic E-state index is 0.0414. The van der Waals surface area contributed by atoms with Crippen molar-refractivity contribution in [2.75, 3.05) is 13.7 Å². The Labute approximate surface area is 104 Å². The molecule has 1 aromatic carbocycles. The second-order valence-corrected chi connectivity index (χ2v) is 3.91. The highest BCUT2D eigenvalue weighted by Gasteiger charge is 2.20. The SMILES string of the molecule is COc1cccc(F)c1-c1nc(C(C)CN)no1. The summed E-state index contributed by atoms with van der Waals surface area (Å²) < 4.78 is 23.9. The van der Waals surface area contributed by atoms with E-state index in [4.69, 9.17) is 15.0 Å². The summed E-state index contributed by atoms with van der Waals surface area (Å²) in [5, 5.41) is 3.79. The molecule has 0 spiro atoms. The lowest BCUT2D eigenvalue weighted by Gasteiger charge is -2.05. The van der Waals surface area contributed by atoms with Gasteiger partial charge in [-0.2, -0.15) is 4.98 Å². The van der Waals surface area contributed by atoms with Crippen molar-refractivity contribution in [1.29, 1.82) is 0 Å². The Hall–Kier alpha value is -1.95. The van der Waals surface area contributed by atoms with Crippen molar-refractivity contribution in [3.63, 3.8) is 0 Å². The molecule has 0 aliphatic carbocycles. The van der Waals surface area contributed by atoms with Gasteiger partial charge in [-0.3, -0.25) is 0 Å². The highest BCUT2D eigenvalue weighted by Crippen LogP contribution is 2.31. The second kappa shape index (κ2) is 5.14. The quantitative estimate of drug-likeness (QED) is 0.898. The summed E-state index contributed by atoms with van der Waals surface area (Å²) in [6.45, 7) is 2.26. The van der Waals surface area contributed by atoms with Gasteiger partial charge in [0, 0.05) is 12.5 Å². The molecular weight excluding hydrogens is 237 g/mol. The predicted octanol–water partition coefficient (Wildman–Crippen LogP) is 1.95. The normalized spacial score (nSPS) is 12.4. The highest BCUT2D eigenvalue weighted by atomic mass is 19.1. The van der Waals surface area contributed by atoms with Crippen LogP contribution in [0.2, 0.25) is 0 Å². The summed E-state index contributed by atoms with van der Waals surface area (Å²) in [4.78, 5) is 4.14. The van der Waals surface area contributed by atoms with Crippen LogP contribution in [-0.2, 0) is 0 Å². The zero-order valence-electron chi connectivity index (χ0n) is 10.2. The summed E-state index contributed by atoms with van der Waals surface area (Å²) in [5.74, 6) is 0.397. The number of halogens is 1. The van der Waals surface area contributed by atoms with E-state index in [1.54, 1.807) is 12.1 Å². The molecule has 2 N–H and O–H groups in total. The Balaban J connectivity index is 2.46. The molecule has 2 aromatic rings. The van der Waals surface area contributed by atoms with Crippen LogP contribution in [0.1, 0.15) is 18.7 Å². The van der Waals surface area contributed by atoms with Crippen molar-refractivity contribution in [1.82, 2.24) is 10.1 Å². The minimum Gasteiger partial charge on any atom is -0.496 e. The van der Waals surface area contributed by atoms with Crippen LogP contribution in [0.3, 0.4) is 0 Å². The number of ether oxygens (including phenoxy) is 1. The number of nitrogens with two attached hydrogens (primary N) is 1. The Bertz CT molecular complexity index is 542. The first-order chi connectivity index (χ1) is 8.67. The molecule has 0 fully saturated rings. The molecule has 0 aliphatic rings. The van der Waals surface area contributed by atoms with E-state index in [1.807, 2.05) is 6.92 Å². The zero-order chi connectivity index (χ0) is 13.1. The highest BCUT2D eigenvalue weighted by molar-refractivity contribution is 5.63. The van der Waals surface area contributed by atoms with Gasteiger partial charge in [-0.15, -0.1) is 0 Å². The van der Waals surface area contributed by atoms with Gasteiger partial charge in [0.15, 0.2) is 5.82 Å². The lowest BCUT2D eigenvalue weighted by atomic mass is 10.1. The smallest absolute Gasteiger partial charge is 0.264 e. The molecule has 6 heteroatoms. The van der Waals surface area contributed by atoms with Gasteiger partial charge in [0.2, 0.25) is 0 Å². The van der Waals surface area contributed by atoms with Crippen molar-refractivity contribution in [2.24, 2.45) is 5.73 Å². The number of methoxy groups -OCH3 is 1. The van der Waals surface area contributed by atoms with Crippen LogP contribution in [0.5, 0.6) is 5.75 Å². The van der Waals surface area contributed by atoms with Crippen LogP contribution in [-0.4, -0.2) is 23.8 Å². The number of aromatic nitrogens is 2. The zero-order valence-corrected chi connectivity index (χ0v) is 10.2. The number of nitrogens with zero attached hydrogens (tertiary/aromatic N) is 2. The fraction of sp³-hybridized carbons (Fsp3) is 0.333. The molecule has 1 atom stereocenters. The molecule has 0 bridgehead atoms. The fourth-order valence-corrected chi connectivity index (χ4v) is 1.52. The predicted molar refractivity (Wildman–Crippen MR) is 63.7 cm³/mol. The van der Waals surface area contributed by atoms with E-state index in [0.29, 0.717) is 18.1 Å². The van der Waals surface area contributed by atoms with Crippen molar-refractivity contribution in [2.45, 2.75) is 12.8 Å². The van der Waals surface area contributed by atoms with Gasteiger partial charge in [0.1, 0.15) is 17.1 Å². The number of rotatable bonds is 4. The fourth-order valence-electron chi connectivity index (χ4n) is 1.52. The minimum atomic E-state index is -0.468. The Morgan fingerprint density at radius 1 is 1.50 bits per heavy atom. The maximum atomic E-state index is 13.8. The van der Waals surface area contributed by atoms with Crippen molar-refractivity contribution in [3.8, 4) is 17.2 Å². The van der Waals surface area contributed by atoms with Gasteiger partial charge in [-0.1, -0.05) is 18.1 Å². The van der Waals surface area contributed by atoms with Crippen LogP contribution in [0.25, 0.3) is 11.5 Å². The lowest BCUT2D eigenvalue weighted by molar-refractivity contribution is 0.397. The molecule has 18 heavy (non-hydrogen) atoms. The van der Waals surface area contributed by atoms with E-state index in [2.05, 4.69) is 10.1 Å². The van der Waals surface area contributed by atoms with Gasteiger partial charge in [-0.25, -0.2) is 4.39 Å². The van der Waals surface area contributed by atoms with E-state index < -0.39 is 5.82 Å². The first kappa shape index (κ1) is 12.5. The van der Waals surface area contributed by atoms with E-state index in [0.717, 1.165) is 0 Å². The first-order valence-corrected chi connectivity index (χ1v) is 5.54. The van der Waals surface area contributed by atoms with Gasteiger partial charge in [-0.05, 0) is 12.1 Å². The molecule has 1 unspecified atom stereocenters. The monoisotopic (exact) mass is 251 g/mol. The van der Waals surface area contributed by atoms with Crippen LogP contribution in [0.4, 0.5) is 4.39 Å². The standard InChI is InChI=1S/C12H14FN3O2/c1-7(6-14)11-15-12(18-16-11)10-8(13)4-3-5-9(10)17-2/h3-5,7H,6,14H2,1-2H3. The Morgan fingerprint density at radius 2 is 2.28 bits per heavy atom. The lowest BCUT2D eigenvalue weighted by Crippen LogP contribution is -2.10. The summed E-state index contributed by atoms with van der Waals surface area (Å²) in [7, 11) is 1.46. The molecule has 0 radical (unpaired) electrons. The summed E-state index contributed by atoms with van der Waals surface area (Å²) >= 11 is 0. The molecule has 0 aliphatic heterocycles. The van der Waals surface area contributed by atoms with Crippen LogP contribution in [0, 0.1) is 5.82 Å². The van der Waals surface area contributed by atoms with Crippen LogP contribution >= 0.6 is 0 Å². The topological polar surface area (TPSA) is 74.2 Å². The van der Waals surface area contributed by atoms with Gasteiger partial charge in [0.05, 0.1) is 7.11 Å². The van der Waals surface area contributed by atoms with Crippen LogP contribution in [0.15, 0.2) is 22.7 Å². The van der Waals surface area contributed by atoms with E-state index in [1.165, 1.54) is 13.2 Å². The second-order valence-electron chi connectivity index (χ2n) is 3.91. The van der Waals surface area contributed by atoms with Crippen LogP contribution < -0.4 is 10.5 Å². The Morgan fingerprint density at radius 3 is 2.94 bits per heavy atom. The number of hydrogen-bond acceptors (Lipinski definition) is 5.